The van der Waals surface area contributed by atoms with E-state index in [2.05, 4.69) is 0 Å². The molecule has 0 aliphatic carbocycles. The minimum atomic E-state index is -0.0148. The fourth-order valence-corrected chi connectivity index (χ4v) is 0.270. The molecule has 0 aromatic rings. The van der Waals surface area contributed by atoms with Crippen molar-refractivity contribution >= 4 is 5.96 Å². The van der Waals surface area contributed by atoms with Crippen molar-refractivity contribution in [1.29, 1.82) is 5.41 Å². The van der Waals surface area contributed by atoms with Crippen LogP contribution in [0.25, 0.3) is 0 Å². The molecule has 62 valence electrons. The summed E-state index contributed by atoms with van der Waals surface area (Å²) in [6.45, 7) is 4.46. The Labute approximate surface area is 62.1 Å². The number of rotatable bonds is 2. The SMILES string of the molecule is CC.CN(CCO)C(=N)N. The maximum Gasteiger partial charge on any atom is 0.188 e. The number of likely N-dealkylation sites (N-methyl/N-ethyl adjacent to an activating group) is 1. The Morgan fingerprint density at radius 2 is 2.00 bits per heavy atom. The molecule has 0 saturated heterocycles. The van der Waals surface area contributed by atoms with Crippen molar-refractivity contribution in [2.45, 2.75) is 13.8 Å². The molecule has 0 atom stereocenters. The summed E-state index contributed by atoms with van der Waals surface area (Å²) in [6, 6.07) is 0. The summed E-state index contributed by atoms with van der Waals surface area (Å²) in [5.74, 6) is -0.0148. The number of nitrogens with one attached hydrogen (secondary N) is 1. The predicted molar refractivity (Wildman–Crippen MR) is 43.0 cm³/mol. The summed E-state index contributed by atoms with van der Waals surface area (Å²) in [6.07, 6.45) is 0. The number of guanidine groups is 1. The summed E-state index contributed by atoms with van der Waals surface area (Å²) in [4.78, 5) is 1.46. The van der Waals surface area contributed by atoms with Crippen molar-refractivity contribution in [2.75, 3.05) is 20.2 Å². The van der Waals surface area contributed by atoms with Crippen LogP contribution in [0.5, 0.6) is 0 Å². The van der Waals surface area contributed by atoms with Crippen LogP contribution in [0.3, 0.4) is 0 Å². The maximum atomic E-state index is 8.29. The first kappa shape index (κ1) is 12.0. The molecule has 0 saturated carbocycles. The Kier molecular flexibility index (Phi) is 9.84. The van der Waals surface area contributed by atoms with Gasteiger partial charge in [-0.1, -0.05) is 13.8 Å². The van der Waals surface area contributed by atoms with Gasteiger partial charge in [-0.05, 0) is 0 Å². The molecule has 0 unspecified atom stereocenters. The Morgan fingerprint density at radius 3 is 2.10 bits per heavy atom. The lowest BCUT2D eigenvalue weighted by Crippen LogP contribution is -2.34. The summed E-state index contributed by atoms with van der Waals surface area (Å²) in [5, 5.41) is 15.1. The Hall–Kier alpha value is -0.770. The Morgan fingerprint density at radius 1 is 1.60 bits per heavy atom. The number of nitrogens with zero attached hydrogens (tertiary/aromatic N) is 1. The lowest BCUT2D eigenvalue weighted by Gasteiger charge is -2.13. The van der Waals surface area contributed by atoms with Crippen molar-refractivity contribution < 1.29 is 5.11 Å². The van der Waals surface area contributed by atoms with E-state index in [0.717, 1.165) is 0 Å². The van der Waals surface area contributed by atoms with E-state index in [4.69, 9.17) is 16.2 Å². The van der Waals surface area contributed by atoms with Gasteiger partial charge in [0.1, 0.15) is 0 Å². The third kappa shape index (κ3) is 7.23. The molecule has 10 heavy (non-hydrogen) atoms. The average Bonchev–Trinajstić information content (AvgIpc) is 1.93. The first-order chi connectivity index (χ1) is 4.68. The van der Waals surface area contributed by atoms with Crippen molar-refractivity contribution in [1.82, 2.24) is 4.90 Å². The molecule has 4 N–H and O–H groups in total. The van der Waals surface area contributed by atoms with Gasteiger partial charge in [-0.25, -0.2) is 0 Å². The van der Waals surface area contributed by atoms with Crippen molar-refractivity contribution in [3.63, 3.8) is 0 Å². The van der Waals surface area contributed by atoms with Crippen LogP contribution in [0.15, 0.2) is 0 Å². The van der Waals surface area contributed by atoms with Gasteiger partial charge in [-0.15, -0.1) is 0 Å². The zero-order valence-electron chi connectivity index (χ0n) is 6.89. The van der Waals surface area contributed by atoms with Gasteiger partial charge >= 0.3 is 0 Å². The number of nitrogens with two attached hydrogens (primary N) is 1. The highest BCUT2D eigenvalue weighted by Crippen LogP contribution is 1.74. The van der Waals surface area contributed by atoms with Gasteiger partial charge < -0.3 is 15.7 Å². The fraction of sp³-hybridized carbons (Fsp3) is 0.833. The second-order valence-electron chi connectivity index (χ2n) is 1.53. The van der Waals surface area contributed by atoms with Crippen LogP contribution >= 0.6 is 0 Å². The first-order valence-electron chi connectivity index (χ1n) is 3.34. The molecule has 0 rings (SSSR count). The Bertz CT molecular complexity index is 85.1. The van der Waals surface area contributed by atoms with E-state index in [0.29, 0.717) is 6.54 Å². The molecule has 0 spiro atoms. The maximum absolute atomic E-state index is 8.29. The summed E-state index contributed by atoms with van der Waals surface area (Å²) >= 11 is 0. The molecule has 0 amide bonds. The van der Waals surface area contributed by atoms with Crippen LogP contribution in [0.1, 0.15) is 13.8 Å². The number of hydrogen-bond acceptors (Lipinski definition) is 2. The highest BCUT2D eigenvalue weighted by Gasteiger charge is 1.94. The molecule has 0 aromatic carbocycles. The van der Waals surface area contributed by atoms with E-state index < -0.39 is 0 Å². The van der Waals surface area contributed by atoms with E-state index in [-0.39, 0.29) is 12.6 Å². The molecule has 0 radical (unpaired) electrons. The summed E-state index contributed by atoms with van der Waals surface area (Å²) in [5.41, 5.74) is 5.02. The lowest BCUT2D eigenvalue weighted by molar-refractivity contribution is 0.262. The topological polar surface area (TPSA) is 73.3 Å². The van der Waals surface area contributed by atoms with Gasteiger partial charge in [-0.2, -0.15) is 0 Å². The number of aliphatic hydroxyl groups excluding tert-OH is 1. The number of aliphatic hydroxyl groups is 1. The third-order valence-corrected chi connectivity index (χ3v) is 0.847. The molecule has 4 nitrogen and oxygen atoms in total. The second-order valence-corrected chi connectivity index (χ2v) is 1.53. The quantitative estimate of drug-likeness (QED) is 0.375. The van der Waals surface area contributed by atoms with Gasteiger partial charge in [0, 0.05) is 13.6 Å². The zero-order valence-corrected chi connectivity index (χ0v) is 6.89. The average molecular weight is 147 g/mol. The second kappa shape index (κ2) is 8.23. The monoisotopic (exact) mass is 147 g/mol. The van der Waals surface area contributed by atoms with Gasteiger partial charge in [0.25, 0.3) is 0 Å². The molecule has 0 aliphatic heterocycles. The van der Waals surface area contributed by atoms with E-state index in [1.807, 2.05) is 13.8 Å². The smallest absolute Gasteiger partial charge is 0.188 e. The minimum absolute atomic E-state index is 0.0148. The third-order valence-electron chi connectivity index (χ3n) is 0.847. The zero-order chi connectivity index (χ0) is 8.57. The van der Waals surface area contributed by atoms with Crippen LogP contribution in [0.2, 0.25) is 0 Å². The van der Waals surface area contributed by atoms with Gasteiger partial charge in [0.05, 0.1) is 6.61 Å². The minimum Gasteiger partial charge on any atom is -0.395 e. The molecule has 0 bridgehead atoms. The molecular formula is C6H17N3O. The van der Waals surface area contributed by atoms with Crippen molar-refractivity contribution in [3.8, 4) is 0 Å². The normalized spacial score (nSPS) is 7.60. The summed E-state index contributed by atoms with van der Waals surface area (Å²) in [7, 11) is 1.65. The Balaban J connectivity index is 0. The molecule has 0 heterocycles. The highest BCUT2D eigenvalue weighted by atomic mass is 16.3. The van der Waals surface area contributed by atoms with Crippen LogP contribution in [-0.4, -0.2) is 36.2 Å². The summed E-state index contributed by atoms with van der Waals surface area (Å²) < 4.78 is 0. The van der Waals surface area contributed by atoms with Crippen LogP contribution in [-0.2, 0) is 0 Å². The van der Waals surface area contributed by atoms with Crippen molar-refractivity contribution in [2.24, 2.45) is 5.73 Å². The largest absolute Gasteiger partial charge is 0.395 e. The first-order valence-corrected chi connectivity index (χ1v) is 3.34. The van der Waals surface area contributed by atoms with Crippen LogP contribution in [0.4, 0.5) is 0 Å². The lowest BCUT2D eigenvalue weighted by atomic mass is 10.6. The molecule has 4 heteroatoms. The van der Waals surface area contributed by atoms with Crippen LogP contribution < -0.4 is 5.73 Å². The molecule has 0 fully saturated rings. The molecule has 0 aromatic heterocycles. The predicted octanol–water partition coefficient (Wildman–Crippen LogP) is -0.170. The standard InChI is InChI=1S/C4H11N3O.C2H6/c1-7(2-3-8)4(5)6;1-2/h8H,2-3H2,1H3,(H3,5,6);1-2H3. The molecular weight excluding hydrogens is 130 g/mol. The fourth-order valence-electron chi connectivity index (χ4n) is 0.270. The molecule has 0 aliphatic rings. The van der Waals surface area contributed by atoms with Crippen LogP contribution in [0, 0.1) is 5.41 Å². The van der Waals surface area contributed by atoms with Crippen molar-refractivity contribution in [3.05, 3.63) is 0 Å². The van der Waals surface area contributed by atoms with E-state index >= 15 is 0 Å². The van der Waals surface area contributed by atoms with Gasteiger partial charge in [0.15, 0.2) is 5.96 Å². The highest BCUT2D eigenvalue weighted by molar-refractivity contribution is 5.74. The van der Waals surface area contributed by atoms with E-state index in [9.17, 15) is 0 Å². The van der Waals surface area contributed by atoms with E-state index in [1.165, 1.54) is 4.90 Å². The van der Waals surface area contributed by atoms with E-state index in [1.54, 1.807) is 7.05 Å². The number of hydrogen-bond donors (Lipinski definition) is 3. The van der Waals surface area contributed by atoms with Gasteiger partial charge in [0.2, 0.25) is 0 Å². The van der Waals surface area contributed by atoms with Gasteiger partial charge in [-0.3, -0.25) is 5.41 Å².